The molecular formula is C28H35N3O5. The largest absolute Gasteiger partial charge is 0.632 e. The van der Waals surface area contributed by atoms with Crippen LogP contribution >= 0.6 is 0 Å². The third-order valence-corrected chi connectivity index (χ3v) is 11.2. The number of fused-ring (bicyclic) bond motifs is 5. The van der Waals surface area contributed by atoms with E-state index >= 15 is 0 Å². The number of nitrogens with zero attached hydrogens (tertiary/aromatic N) is 2. The topological polar surface area (TPSA) is 98.8 Å². The number of rotatable bonds is 0. The van der Waals surface area contributed by atoms with Crippen LogP contribution in [0.3, 0.4) is 0 Å². The number of piperidine rings is 2. The molecule has 0 aromatic heterocycles. The number of carbonyl (C=O) groups is 3. The van der Waals surface area contributed by atoms with Crippen LogP contribution < -0.4 is 10.1 Å². The minimum atomic E-state index is -0.952. The first kappa shape index (κ1) is 22.7. The molecule has 2 amide bonds. The second-order valence-electron chi connectivity index (χ2n) is 13.9. The van der Waals surface area contributed by atoms with E-state index in [1.54, 1.807) is 0 Å². The zero-order chi connectivity index (χ0) is 25.8. The van der Waals surface area contributed by atoms with E-state index < -0.39 is 32.2 Å². The molecule has 8 rings (SSSR count). The summed E-state index contributed by atoms with van der Waals surface area (Å²) in [5.74, 6) is 0.481. The fraction of sp³-hybridized carbons (Fsp3) is 0.679. The van der Waals surface area contributed by atoms with Gasteiger partial charge in [-0.3, -0.25) is 14.4 Å². The Labute approximate surface area is 211 Å². The molecule has 8 heteroatoms. The highest BCUT2D eigenvalue weighted by molar-refractivity contribution is 6.15. The number of hydrogen-bond acceptors (Lipinski definition) is 5. The Balaban J connectivity index is 1.43. The first-order valence-corrected chi connectivity index (χ1v) is 13.2. The molecule has 1 N–H and O–H groups in total. The Kier molecular flexibility index (Phi) is 3.78. The molecule has 192 valence electrons. The SMILES string of the molecule is C[C@H]1C[C@@]23C[C@H]4C(C)(C)[C@]5(C[C@]4(C[N+]2([O-])C1)N(C)C3=O)C(=O)Nc1c5ccc2c1C(=O)CC(C)(C)O2. The number of ketones is 1. The predicted molar refractivity (Wildman–Crippen MR) is 132 cm³/mol. The predicted octanol–water partition coefficient (Wildman–Crippen LogP) is 3.37. The standard InChI is InChI=1S/C28H35N3O5/c1-15-9-27-11-19-25(4,5)28(13-26(19,30(6)23(27)34)14-31(27,35)12-15)16-7-8-18-20(21(16)29-22(28)33)17(32)10-24(2,3)36-18/h7-8,15,19H,9-14H2,1-6H3,(H,29,33)/t15-,19-,26+,27-,28-,31?/m0/s1. The van der Waals surface area contributed by atoms with Gasteiger partial charge < -0.3 is 24.8 Å². The molecule has 6 atom stereocenters. The van der Waals surface area contributed by atoms with Crippen LogP contribution in [0.1, 0.15) is 76.2 Å². The average molecular weight is 494 g/mol. The molecule has 7 aliphatic rings. The third-order valence-electron chi connectivity index (χ3n) is 11.2. The van der Waals surface area contributed by atoms with Crippen molar-refractivity contribution < 1.29 is 23.8 Å². The summed E-state index contributed by atoms with van der Waals surface area (Å²) in [4.78, 5) is 43.1. The van der Waals surface area contributed by atoms with Crippen LogP contribution in [-0.2, 0) is 15.0 Å². The van der Waals surface area contributed by atoms with E-state index in [2.05, 4.69) is 26.1 Å². The summed E-state index contributed by atoms with van der Waals surface area (Å²) < 4.78 is 5.67. The molecule has 6 aliphatic heterocycles. The van der Waals surface area contributed by atoms with E-state index in [4.69, 9.17) is 4.74 Å². The van der Waals surface area contributed by atoms with Crippen LogP contribution in [0, 0.1) is 22.5 Å². The summed E-state index contributed by atoms with van der Waals surface area (Å²) in [5.41, 5.74) is -1.91. The van der Waals surface area contributed by atoms with E-state index in [9.17, 15) is 19.6 Å². The molecular weight excluding hydrogens is 458 g/mol. The Morgan fingerprint density at radius 2 is 1.86 bits per heavy atom. The van der Waals surface area contributed by atoms with Crippen LogP contribution in [0.15, 0.2) is 12.1 Å². The van der Waals surface area contributed by atoms with Crippen LogP contribution in [0.5, 0.6) is 5.75 Å². The van der Waals surface area contributed by atoms with Gasteiger partial charge in [0.05, 0.1) is 35.2 Å². The number of hydroxylamine groups is 3. The maximum Gasteiger partial charge on any atom is 0.284 e. The van der Waals surface area contributed by atoms with Gasteiger partial charge in [0.2, 0.25) is 5.91 Å². The van der Waals surface area contributed by atoms with Crippen LogP contribution in [0.2, 0.25) is 0 Å². The zero-order valence-corrected chi connectivity index (χ0v) is 22.0. The van der Waals surface area contributed by atoms with Crippen molar-refractivity contribution in [3.05, 3.63) is 28.5 Å². The summed E-state index contributed by atoms with van der Waals surface area (Å²) in [6, 6.07) is 3.77. The normalized spacial score (nSPS) is 44.8. The van der Waals surface area contributed by atoms with Crippen molar-refractivity contribution >= 4 is 23.3 Å². The lowest BCUT2D eigenvalue weighted by atomic mass is 9.57. The second-order valence-corrected chi connectivity index (χ2v) is 13.9. The van der Waals surface area contributed by atoms with Crippen molar-refractivity contribution in [3.63, 3.8) is 0 Å². The molecule has 8 nitrogen and oxygen atoms in total. The molecule has 2 bridgehead atoms. The van der Waals surface area contributed by atoms with Gasteiger partial charge in [-0.05, 0) is 37.3 Å². The van der Waals surface area contributed by atoms with Gasteiger partial charge in [-0.1, -0.05) is 26.8 Å². The quantitative estimate of drug-likeness (QED) is 0.441. The molecule has 1 aromatic carbocycles. The Morgan fingerprint density at radius 1 is 1.14 bits per heavy atom. The maximum atomic E-state index is 14.3. The highest BCUT2D eigenvalue weighted by atomic mass is 16.6. The zero-order valence-electron chi connectivity index (χ0n) is 22.0. The maximum absolute atomic E-state index is 14.3. The smallest absolute Gasteiger partial charge is 0.284 e. The summed E-state index contributed by atoms with van der Waals surface area (Å²) in [7, 11) is 1.85. The molecule has 3 spiro atoms. The number of Topliss-reactive ketones (excluding diaryl/α,β-unsaturated/α-hetero) is 1. The minimum Gasteiger partial charge on any atom is -0.632 e. The van der Waals surface area contributed by atoms with Crippen molar-refractivity contribution in [3.8, 4) is 5.75 Å². The van der Waals surface area contributed by atoms with Gasteiger partial charge in [-0.2, -0.15) is 0 Å². The summed E-state index contributed by atoms with van der Waals surface area (Å²) in [6.07, 6.45) is 1.75. The summed E-state index contributed by atoms with van der Waals surface area (Å²) in [6.45, 7) is 10.9. The highest BCUT2D eigenvalue weighted by Crippen LogP contribution is 2.73. The number of hydrogen-bond donors (Lipinski definition) is 1. The summed E-state index contributed by atoms with van der Waals surface area (Å²) >= 11 is 0. The van der Waals surface area contributed by atoms with E-state index in [1.807, 2.05) is 37.9 Å². The number of carbonyl (C=O) groups excluding carboxylic acids is 3. The van der Waals surface area contributed by atoms with E-state index in [-0.39, 0.29) is 35.9 Å². The fourth-order valence-corrected chi connectivity index (χ4v) is 9.84. The molecule has 5 fully saturated rings. The molecule has 1 aliphatic carbocycles. The van der Waals surface area contributed by atoms with Gasteiger partial charge in [0.1, 0.15) is 17.9 Å². The number of likely N-dealkylation sites (N-methyl/N-ethyl adjacent to an activating group) is 1. The molecule has 4 saturated heterocycles. The van der Waals surface area contributed by atoms with Crippen molar-refractivity contribution in [1.82, 2.24) is 4.90 Å². The van der Waals surface area contributed by atoms with Crippen LogP contribution in [0.25, 0.3) is 0 Å². The summed E-state index contributed by atoms with van der Waals surface area (Å²) in [5, 5.41) is 17.4. The Bertz CT molecular complexity index is 1300. The lowest BCUT2D eigenvalue weighted by Gasteiger charge is -2.69. The molecule has 1 aromatic rings. The monoisotopic (exact) mass is 493 g/mol. The first-order valence-electron chi connectivity index (χ1n) is 13.2. The molecule has 6 heterocycles. The lowest BCUT2D eigenvalue weighted by molar-refractivity contribution is -0.927. The minimum absolute atomic E-state index is 0.00295. The number of ether oxygens (including phenoxy) is 1. The van der Waals surface area contributed by atoms with Gasteiger partial charge in [0, 0.05) is 31.7 Å². The number of piperazine rings is 1. The van der Waals surface area contributed by atoms with Gasteiger partial charge >= 0.3 is 0 Å². The van der Waals surface area contributed by atoms with Gasteiger partial charge in [-0.25, -0.2) is 0 Å². The number of nitrogens with one attached hydrogen (secondary N) is 1. The van der Waals surface area contributed by atoms with E-state index in [1.165, 1.54) is 0 Å². The van der Waals surface area contributed by atoms with E-state index in [0.29, 0.717) is 49.4 Å². The number of quaternary nitrogens is 1. The Hall–Kier alpha value is -2.45. The van der Waals surface area contributed by atoms with Crippen molar-refractivity contribution in [1.29, 1.82) is 0 Å². The lowest BCUT2D eigenvalue weighted by Crippen LogP contribution is -2.83. The van der Waals surface area contributed by atoms with E-state index in [0.717, 1.165) is 5.56 Å². The van der Waals surface area contributed by atoms with Crippen LogP contribution in [-0.4, -0.2) is 64.0 Å². The van der Waals surface area contributed by atoms with Crippen LogP contribution in [0.4, 0.5) is 5.69 Å². The highest BCUT2D eigenvalue weighted by Gasteiger charge is 2.83. The number of anilines is 1. The van der Waals surface area contributed by atoms with Crippen molar-refractivity contribution in [2.24, 2.45) is 17.3 Å². The molecule has 36 heavy (non-hydrogen) atoms. The molecule has 1 unspecified atom stereocenters. The number of amides is 2. The first-order chi connectivity index (χ1) is 16.6. The van der Waals surface area contributed by atoms with Crippen molar-refractivity contribution in [2.45, 2.75) is 82.4 Å². The van der Waals surface area contributed by atoms with Crippen molar-refractivity contribution in [2.75, 3.05) is 25.5 Å². The molecule has 0 radical (unpaired) electrons. The van der Waals surface area contributed by atoms with Gasteiger partial charge in [-0.15, -0.1) is 0 Å². The van der Waals surface area contributed by atoms with Gasteiger partial charge in [0.15, 0.2) is 11.3 Å². The third kappa shape index (κ3) is 2.13. The average Bonchev–Trinajstić information content (AvgIpc) is 3.26. The second kappa shape index (κ2) is 5.99. The fourth-order valence-electron chi connectivity index (χ4n) is 9.84. The molecule has 1 saturated carbocycles. The van der Waals surface area contributed by atoms with Gasteiger partial charge in [0.25, 0.3) is 5.91 Å². The number of benzene rings is 1. The Morgan fingerprint density at radius 3 is 2.58 bits per heavy atom.